The average Bonchev–Trinajstić information content (AvgIpc) is 2.48. The van der Waals surface area contributed by atoms with Crippen LogP contribution in [0.15, 0.2) is 65.6 Å². The van der Waals surface area contributed by atoms with Crippen LogP contribution in [0.1, 0.15) is 0 Å². The molecule has 0 spiro atoms. The first kappa shape index (κ1) is 14.4. The van der Waals surface area contributed by atoms with Gasteiger partial charge in [-0.1, -0.05) is 24.3 Å². The van der Waals surface area contributed by atoms with Crippen LogP contribution in [0.3, 0.4) is 0 Å². The second kappa shape index (κ2) is 5.32. The van der Waals surface area contributed by atoms with Crippen molar-refractivity contribution >= 4 is 32.3 Å². The number of fused-ring (bicyclic) bond motifs is 1. The van der Waals surface area contributed by atoms with Crippen LogP contribution >= 0.6 is 0 Å². The summed E-state index contributed by atoms with van der Waals surface area (Å²) in [6, 6.07) is 16.8. The summed E-state index contributed by atoms with van der Waals surface area (Å²) in [5, 5.41) is 14.1. The van der Waals surface area contributed by atoms with Crippen molar-refractivity contribution < 1.29 is 18.1 Å². The molecule has 0 atom stereocenters. The number of phenols is 1. The highest BCUT2D eigenvalue weighted by Crippen LogP contribution is 2.31. The summed E-state index contributed by atoms with van der Waals surface area (Å²) in [4.78, 5) is -0.443. The minimum absolute atomic E-state index is 0.247. The summed E-state index contributed by atoms with van der Waals surface area (Å²) in [5.41, 5.74) is 1.63. The molecule has 2 N–H and O–H groups in total. The van der Waals surface area contributed by atoms with Gasteiger partial charge in [0.2, 0.25) is 0 Å². The SMILES string of the molecule is O=S(=O)([O-])c1cc(O)c2cc(Nc3ccccc3)ccc2c1. The monoisotopic (exact) mass is 314 g/mol. The third-order valence-corrected chi connectivity index (χ3v) is 4.07. The molecule has 0 heterocycles. The minimum atomic E-state index is -4.60. The number of hydrogen-bond donors (Lipinski definition) is 2. The van der Waals surface area contributed by atoms with Crippen LogP contribution in [-0.4, -0.2) is 18.1 Å². The fraction of sp³-hybridized carbons (Fsp3) is 0. The van der Waals surface area contributed by atoms with Crippen LogP contribution < -0.4 is 5.32 Å². The molecule has 112 valence electrons. The second-order valence-corrected chi connectivity index (χ2v) is 6.20. The zero-order valence-corrected chi connectivity index (χ0v) is 12.2. The van der Waals surface area contributed by atoms with Crippen LogP contribution in [0.4, 0.5) is 11.4 Å². The number of anilines is 2. The predicted octanol–water partition coefficient (Wildman–Crippen LogP) is 3.19. The molecule has 0 saturated carbocycles. The van der Waals surface area contributed by atoms with Crippen molar-refractivity contribution in [2.45, 2.75) is 4.90 Å². The van der Waals surface area contributed by atoms with E-state index in [-0.39, 0.29) is 5.75 Å². The van der Waals surface area contributed by atoms with E-state index in [0.29, 0.717) is 10.8 Å². The molecule has 0 radical (unpaired) electrons. The standard InChI is InChI=1S/C16H13NO4S/c18-16-10-14(22(19,20)21)8-11-6-7-13(9-15(11)16)17-12-4-2-1-3-5-12/h1-10,17-18H,(H,19,20,21)/p-1. The van der Waals surface area contributed by atoms with E-state index in [1.54, 1.807) is 18.2 Å². The highest BCUT2D eigenvalue weighted by Gasteiger charge is 2.08. The van der Waals surface area contributed by atoms with Gasteiger partial charge >= 0.3 is 0 Å². The molecule has 6 heteroatoms. The summed E-state index contributed by atoms with van der Waals surface area (Å²) in [5.74, 6) is -0.247. The maximum atomic E-state index is 11.1. The Morgan fingerprint density at radius 2 is 1.64 bits per heavy atom. The fourth-order valence-corrected chi connectivity index (χ4v) is 2.75. The van der Waals surface area contributed by atoms with Gasteiger partial charge in [-0.3, -0.25) is 0 Å². The summed E-state index contributed by atoms with van der Waals surface area (Å²) in [6.07, 6.45) is 0. The zero-order valence-electron chi connectivity index (χ0n) is 11.4. The second-order valence-electron chi connectivity index (χ2n) is 4.82. The molecular formula is C16H12NO4S-. The van der Waals surface area contributed by atoms with Crippen molar-refractivity contribution in [1.82, 2.24) is 0 Å². The summed E-state index contributed by atoms with van der Waals surface area (Å²) in [6.45, 7) is 0. The van der Waals surface area contributed by atoms with Crippen LogP contribution in [0.2, 0.25) is 0 Å². The molecule has 3 aromatic carbocycles. The molecule has 0 unspecified atom stereocenters. The number of phenolic OH excluding ortho intramolecular Hbond substituents is 1. The molecule has 0 aliphatic carbocycles. The first-order valence-electron chi connectivity index (χ1n) is 6.48. The van der Waals surface area contributed by atoms with Gasteiger partial charge in [0.1, 0.15) is 15.9 Å². The van der Waals surface area contributed by atoms with Gasteiger partial charge in [0.15, 0.2) is 0 Å². The Morgan fingerprint density at radius 1 is 0.909 bits per heavy atom. The smallest absolute Gasteiger partial charge is 0.124 e. The van der Waals surface area contributed by atoms with E-state index < -0.39 is 15.0 Å². The van der Waals surface area contributed by atoms with E-state index in [2.05, 4.69) is 5.32 Å². The molecule has 0 amide bonds. The van der Waals surface area contributed by atoms with E-state index in [0.717, 1.165) is 17.4 Å². The van der Waals surface area contributed by atoms with Gasteiger partial charge in [-0.2, -0.15) is 0 Å². The molecule has 3 rings (SSSR count). The number of para-hydroxylation sites is 1. The first-order valence-corrected chi connectivity index (χ1v) is 7.89. The molecule has 0 saturated heterocycles. The number of aromatic hydroxyl groups is 1. The highest BCUT2D eigenvalue weighted by atomic mass is 32.2. The molecule has 0 aliphatic rings. The average molecular weight is 314 g/mol. The van der Waals surface area contributed by atoms with Crippen molar-refractivity contribution in [3.8, 4) is 5.75 Å². The maximum absolute atomic E-state index is 11.1. The van der Waals surface area contributed by atoms with Crippen molar-refractivity contribution in [1.29, 1.82) is 0 Å². The number of rotatable bonds is 3. The predicted molar refractivity (Wildman–Crippen MR) is 83.3 cm³/mol. The third-order valence-electron chi connectivity index (χ3n) is 3.26. The lowest BCUT2D eigenvalue weighted by Crippen LogP contribution is -1.98. The Bertz CT molecular complexity index is 937. The van der Waals surface area contributed by atoms with Crippen molar-refractivity contribution in [2.75, 3.05) is 5.32 Å². The van der Waals surface area contributed by atoms with E-state index in [9.17, 15) is 18.1 Å². The van der Waals surface area contributed by atoms with Crippen LogP contribution in [0, 0.1) is 0 Å². The van der Waals surface area contributed by atoms with Crippen molar-refractivity contribution in [2.24, 2.45) is 0 Å². The Labute approximate surface area is 127 Å². The van der Waals surface area contributed by atoms with E-state index in [1.165, 1.54) is 6.07 Å². The first-order chi connectivity index (χ1) is 10.4. The number of benzene rings is 3. The molecule has 22 heavy (non-hydrogen) atoms. The Balaban J connectivity index is 2.06. The van der Waals surface area contributed by atoms with Crippen molar-refractivity contribution in [3.63, 3.8) is 0 Å². The van der Waals surface area contributed by atoms with Gasteiger partial charge in [0, 0.05) is 16.8 Å². The van der Waals surface area contributed by atoms with Gasteiger partial charge in [-0.05, 0) is 41.8 Å². The largest absolute Gasteiger partial charge is 0.744 e. The Hall–Kier alpha value is -2.57. The van der Waals surface area contributed by atoms with Gasteiger partial charge in [0.05, 0.1) is 4.90 Å². The molecule has 0 fully saturated rings. The molecule has 0 bridgehead atoms. The van der Waals surface area contributed by atoms with Crippen LogP contribution in [0.25, 0.3) is 10.8 Å². The topological polar surface area (TPSA) is 89.5 Å². The Kier molecular flexibility index (Phi) is 3.48. The van der Waals surface area contributed by atoms with E-state index >= 15 is 0 Å². The van der Waals surface area contributed by atoms with E-state index in [1.807, 2.05) is 30.3 Å². The van der Waals surface area contributed by atoms with Gasteiger partial charge in [-0.25, -0.2) is 8.42 Å². The van der Waals surface area contributed by atoms with Crippen LogP contribution in [0.5, 0.6) is 5.75 Å². The van der Waals surface area contributed by atoms with Crippen molar-refractivity contribution in [3.05, 3.63) is 60.7 Å². The summed E-state index contributed by atoms with van der Waals surface area (Å²) in [7, 11) is -4.60. The Morgan fingerprint density at radius 3 is 2.32 bits per heavy atom. The quantitative estimate of drug-likeness (QED) is 0.725. The lowest BCUT2D eigenvalue weighted by molar-refractivity contribution is 0.458. The minimum Gasteiger partial charge on any atom is -0.744 e. The van der Waals surface area contributed by atoms with E-state index in [4.69, 9.17) is 0 Å². The fourth-order valence-electron chi connectivity index (χ4n) is 2.22. The number of hydrogen-bond acceptors (Lipinski definition) is 5. The van der Waals surface area contributed by atoms with Gasteiger partial charge in [0.25, 0.3) is 0 Å². The molecule has 0 aliphatic heterocycles. The summed E-state index contributed by atoms with van der Waals surface area (Å²) < 4.78 is 33.2. The maximum Gasteiger partial charge on any atom is 0.124 e. The molecule has 5 nitrogen and oxygen atoms in total. The molecular weight excluding hydrogens is 302 g/mol. The summed E-state index contributed by atoms with van der Waals surface area (Å²) >= 11 is 0. The normalized spacial score (nSPS) is 11.5. The van der Waals surface area contributed by atoms with Gasteiger partial charge < -0.3 is 15.0 Å². The number of nitrogens with one attached hydrogen (secondary N) is 1. The lowest BCUT2D eigenvalue weighted by atomic mass is 10.1. The zero-order chi connectivity index (χ0) is 15.7. The third kappa shape index (κ3) is 2.88. The molecule has 0 aromatic heterocycles. The van der Waals surface area contributed by atoms with Crippen LogP contribution in [-0.2, 0) is 10.1 Å². The lowest BCUT2D eigenvalue weighted by Gasteiger charge is -2.12. The molecule has 3 aromatic rings. The van der Waals surface area contributed by atoms with Gasteiger partial charge in [-0.15, -0.1) is 0 Å². The highest BCUT2D eigenvalue weighted by molar-refractivity contribution is 7.85.